The Morgan fingerprint density at radius 3 is 2.22 bits per heavy atom. The second-order valence-corrected chi connectivity index (χ2v) is 5.74. The van der Waals surface area contributed by atoms with Crippen LogP contribution >= 0.6 is 0 Å². The minimum atomic E-state index is -0.512. The molecular weight excluding hydrogens is 294 g/mol. The lowest BCUT2D eigenvalue weighted by Gasteiger charge is -2.05. The first-order chi connectivity index (χ1) is 11.2. The molecule has 0 heterocycles. The van der Waals surface area contributed by atoms with Crippen LogP contribution in [-0.2, 0) is 9.53 Å². The van der Waals surface area contributed by atoms with Crippen LogP contribution in [0.25, 0.3) is 0 Å². The van der Waals surface area contributed by atoms with E-state index >= 15 is 0 Å². The normalized spacial score (nSPS) is 10.5. The SMILES string of the molecule is CCCCCCCCCC(=O)COC(=O)c1ccc([NH2+]O)cc1. The van der Waals surface area contributed by atoms with Crippen molar-refractivity contribution < 1.29 is 25.0 Å². The molecule has 0 unspecified atom stereocenters. The van der Waals surface area contributed by atoms with Gasteiger partial charge >= 0.3 is 5.97 Å². The van der Waals surface area contributed by atoms with Crippen molar-refractivity contribution in [1.29, 1.82) is 0 Å². The minimum Gasteiger partial charge on any atom is -0.454 e. The van der Waals surface area contributed by atoms with Crippen LogP contribution in [0.5, 0.6) is 0 Å². The van der Waals surface area contributed by atoms with E-state index in [0.717, 1.165) is 18.3 Å². The number of unbranched alkanes of at least 4 members (excludes halogenated alkanes) is 6. The Bertz CT molecular complexity index is 470. The highest BCUT2D eigenvalue weighted by Gasteiger charge is 2.10. The highest BCUT2D eigenvalue weighted by molar-refractivity contribution is 5.91. The van der Waals surface area contributed by atoms with Gasteiger partial charge in [-0.2, -0.15) is 5.48 Å². The second kappa shape index (κ2) is 11.8. The van der Waals surface area contributed by atoms with Crippen LogP contribution < -0.4 is 5.48 Å². The largest absolute Gasteiger partial charge is 0.454 e. The first-order valence-corrected chi connectivity index (χ1v) is 8.43. The molecule has 0 bridgehead atoms. The average molecular weight is 322 g/mol. The number of ketones is 1. The lowest BCUT2D eigenvalue weighted by molar-refractivity contribution is -0.825. The lowest BCUT2D eigenvalue weighted by Crippen LogP contribution is -2.73. The highest BCUT2D eigenvalue weighted by Crippen LogP contribution is 2.09. The number of rotatable bonds is 12. The molecule has 0 spiro atoms. The van der Waals surface area contributed by atoms with Crippen LogP contribution in [0.4, 0.5) is 5.69 Å². The molecule has 1 rings (SSSR count). The molecule has 5 heteroatoms. The fourth-order valence-electron chi connectivity index (χ4n) is 2.29. The van der Waals surface area contributed by atoms with E-state index in [-0.39, 0.29) is 12.4 Å². The summed E-state index contributed by atoms with van der Waals surface area (Å²) in [6.07, 6.45) is 8.59. The molecule has 0 aromatic heterocycles. The van der Waals surface area contributed by atoms with Crippen molar-refractivity contribution >= 4 is 17.4 Å². The molecule has 1 aromatic rings. The topological polar surface area (TPSA) is 80.2 Å². The average Bonchev–Trinajstić information content (AvgIpc) is 2.59. The Morgan fingerprint density at radius 2 is 1.61 bits per heavy atom. The third-order valence-electron chi connectivity index (χ3n) is 3.72. The minimum absolute atomic E-state index is 0.0350. The third-order valence-corrected chi connectivity index (χ3v) is 3.72. The van der Waals surface area contributed by atoms with Gasteiger partial charge in [-0.3, -0.25) is 4.79 Å². The Hall–Kier alpha value is -1.72. The summed E-state index contributed by atoms with van der Waals surface area (Å²) in [6.45, 7) is 2.03. The van der Waals surface area contributed by atoms with Gasteiger partial charge in [-0.15, -0.1) is 0 Å². The molecule has 0 radical (unpaired) electrons. The standard InChI is InChI=1S/C18H27NO4/c1-2-3-4-5-6-7-8-9-17(20)14-23-18(21)15-10-12-16(19-22)13-11-15/h10-13,19,22H,2-9,14H2,1H3/p+1. The Morgan fingerprint density at radius 1 is 1.00 bits per heavy atom. The molecule has 0 fully saturated rings. The maximum Gasteiger partial charge on any atom is 0.338 e. The van der Waals surface area contributed by atoms with Gasteiger partial charge < -0.3 is 4.74 Å². The molecule has 0 aliphatic rings. The Kier molecular flexibility index (Phi) is 9.91. The Balaban J connectivity index is 2.13. The molecule has 0 aliphatic carbocycles. The summed E-state index contributed by atoms with van der Waals surface area (Å²) in [5.41, 5.74) is 1.94. The van der Waals surface area contributed by atoms with E-state index in [0.29, 0.717) is 17.7 Å². The number of carbonyl (C=O) groups is 2. The highest BCUT2D eigenvalue weighted by atomic mass is 16.5. The van der Waals surface area contributed by atoms with Crippen LogP contribution in [0.1, 0.15) is 68.6 Å². The van der Waals surface area contributed by atoms with Gasteiger partial charge in [-0.05, 0) is 18.6 Å². The lowest BCUT2D eigenvalue weighted by atomic mass is 10.1. The van der Waals surface area contributed by atoms with E-state index < -0.39 is 5.97 Å². The van der Waals surface area contributed by atoms with Gasteiger partial charge in [0.25, 0.3) is 0 Å². The summed E-state index contributed by atoms with van der Waals surface area (Å²) < 4.78 is 5.01. The summed E-state index contributed by atoms with van der Waals surface area (Å²) in [6, 6.07) is 6.34. The van der Waals surface area contributed by atoms with Crippen LogP contribution in [-0.4, -0.2) is 23.6 Å². The number of hydrogen-bond donors (Lipinski definition) is 2. The van der Waals surface area contributed by atoms with Gasteiger partial charge in [0.1, 0.15) is 6.61 Å². The molecule has 0 atom stereocenters. The van der Waals surface area contributed by atoms with Crippen molar-refractivity contribution in [2.75, 3.05) is 6.61 Å². The predicted molar refractivity (Wildman–Crippen MR) is 87.7 cm³/mol. The van der Waals surface area contributed by atoms with E-state index in [1.165, 1.54) is 32.1 Å². The summed E-state index contributed by atoms with van der Waals surface area (Å²) >= 11 is 0. The summed E-state index contributed by atoms with van der Waals surface area (Å²) in [5, 5.41) is 8.82. The number of ether oxygens (including phenoxy) is 1. The maximum atomic E-state index is 11.8. The van der Waals surface area contributed by atoms with Crippen molar-refractivity contribution in [2.24, 2.45) is 0 Å². The van der Waals surface area contributed by atoms with Gasteiger partial charge in [-0.1, -0.05) is 45.4 Å². The zero-order valence-corrected chi connectivity index (χ0v) is 13.9. The van der Waals surface area contributed by atoms with E-state index in [2.05, 4.69) is 6.92 Å². The maximum absolute atomic E-state index is 11.8. The quantitative estimate of drug-likeness (QED) is 0.268. The summed E-state index contributed by atoms with van der Waals surface area (Å²) in [5.74, 6) is -0.547. The number of Topliss-reactive ketones (excluding diaryl/α,β-unsaturated/α-hetero) is 1. The smallest absolute Gasteiger partial charge is 0.338 e. The van der Waals surface area contributed by atoms with Gasteiger partial charge in [0.15, 0.2) is 11.5 Å². The molecule has 23 heavy (non-hydrogen) atoms. The van der Waals surface area contributed by atoms with Gasteiger partial charge in [0, 0.05) is 18.6 Å². The van der Waals surface area contributed by atoms with Crippen molar-refractivity contribution in [2.45, 2.75) is 58.3 Å². The molecule has 5 nitrogen and oxygen atoms in total. The first-order valence-electron chi connectivity index (χ1n) is 8.43. The van der Waals surface area contributed by atoms with Crippen LogP contribution in [0, 0.1) is 0 Å². The molecule has 0 saturated heterocycles. The molecule has 0 saturated carbocycles. The zero-order chi connectivity index (χ0) is 16.9. The molecule has 128 valence electrons. The fraction of sp³-hybridized carbons (Fsp3) is 0.556. The third kappa shape index (κ3) is 8.47. The molecular formula is C18H28NO4+. The molecule has 0 aliphatic heterocycles. The fourth-order valence-corrected chi connectivity index (χ4v) is 2.29. The first kappa shape index (κ1) is 19.3. The zero-order valence-electron chi connectivity index (χ0n) is 13.9. The van der Waals surface area contributed by atoms with E-state index in [9.17, 15) is 9.59 Å². The summed E-state index contributed by atoms with van der Waals surface area (Å²) in [4.78, 5) is 23.5. The van der Waals surface area contributed by atoms with Gasteiger partial charge in [-0.25, -0.2) is 10.0 Å². The van der Waals surface area contributed by atoms with Crippen molar-refractivity contribution in [3.63, 3.8) is 0 Å². The van der Waals surface area contributed by atoms with Gasteiger partial charge in [0.05, 0.1) is 5.56 Å². The number of benzene rings is 1. The predicted octanol–water partition coefficient (Wildman–Crippen LogP) is 3.14. The number of esters is 1. The van der Waals surface area contributed by atoms with Crippen LogP contribution in [0.3, 0.4) is 0 Å². The van der Waals surface area contributed by atoms with Crippen molar-refractivity contribution in [1.82, 2.24) is 0 Å². The Labute approximate surface area is 138 Å². The number of hydrogen-bond acceptors (Lipinski definition) is 4. The van der Waals surface area contributed by atoms with Crippen LogP contribution in [0.15, 0.2) is 24.3 Å². The monoisotopic (exact) mass is 322 g/mol. The molecule has 3 N–H and O–H groups in total. The van der Waals surface area contributed by atoms with Crippen molar-refractivity contribution in [3.05, 3.63) is 29.8 Å². The van der Waals surface area contributed by atoms with E-state index in [1.807, 2.05) is 0 Å². The van der Waals surface area contributed by atoms with E-state index in [4.69, 9.17) is 9.94 Å². The summed E-state index contributed by atoms with van der Waals surface area (Å²) in [7, 11) is 0. The van der Waals surface area contributed by atoms with Crippen molar-refractivity contribution in [3.8, 4) is 0 Å². The van der Waals surface area contributed by atoms with E-state index in [1.54, 1.807) is 24.3 Å². The molecule has 0 amide bonds. The van der Waals surface area contributed by atoms with Gasteiger partial charge in [0.2, 0.25) is 0 Å². The van der Waals surface area contributed by atoms with Crippen LogP contribution in [0.2, 0.25) is 0 Å². The number of carbonyl (C=O) groups excluding carboxylic acids is 2. The second-order valence-electron chi connectivity index (χ2n) is 5.74. The number of quaternary nitrogens is 1. The number of nitrogens with two attached hydrogens (primary N) is 1. The molecule has 1 aromatic carbocycles.